The third-order valence-electron chi connectivity index (χ3n) is 3.83. The van der Waals surface area contributed by atoms with Gasteiger partial charge in [-0.05, 0) is 54.2 Å². The van der Waals surface area contributed by atoms with Gasteiger partial charge in [0.1, 0.15) is 0 Å². The van der Waals surface area contributed by atoms with Crippen LogP contribution in [-0.4, -0.2) is 23.5 Å². The molecule has 0 saturated carbocycles. The first-order valence-electron chi connectivity index (χ1n) is 6.40. The number of halogens is 1. The summed E-state index contributed by atoms with van der Waals surface area (Å²) in [4.78, 5) is 4.03. The monoisotopic (exact) mass is 316 g/mol. The highest BCUT2D eigenvalue weighted by atomic mass is 79.9. The molecule has 1 saturated heterocycles. The van der Waals surface area contributed by atoms with Gasteiger partial charge >= 0.3 is 0 Å². The van der Waals surface area contributed by atoms with Crippen LogP contribution in [0, 0.1) is 0 Å². The van der Waals surface area contributed by atoms with Crippen molar-refractivity contribution in [3.05, 3.63) is 20.8 Å². The van der Waals surface area contributed by atoms with Gasteiger partial charge in [0.2, 0.25) is 0 Å². The summed E-state index contributed by atoms with van der Waals surface area (Å²) in [5, 5.41) is 0. The van der Waals surface area contributed by atoms with Crippen molar-refractivity contribution in [2.45, 2.75) is 51.2 Å². The maximum atomic E-state index is 6.02. The first kappa shape index (κ1) is 13.5. The molecule has 1 aliphatic rings. The lowest BCUT2D eigenvalue weighted by Crippen LogP contribution is -2.40. The summed E-state index contributed by atoms with van der Waals surface area (Å²) in [6.07, 6.45) is 3.86. The molecule has 0 aliphatic carbocycles. The highest BCUT2D eigenvalue weighted by Crippen LogP contribution is 2.37. The molecule has 0 aromatic carbocycles. The van der Waals surface area contributed by atoms with Crippen LogP contribution >= 0.6 is 27.3 Å². The number of thiophene rings is 1. The van der Waals surface area contributed by atoms with Crippen LogP contribution in [-0.2, 0) is 0 Å². The zero-order valence-corrected chi connectivity index (χ0v) is 12.9. The largest absolute Gasteiger partial charge is 0.329 e. The summed E-state index contributed by atoms with van der Waals surface area (Å²) in [5.41, 5.74) is 6.02. The average Bonchev–Trinajstić information content (AvgIpc) is 2.89. The number of hydrogen-bond acceptors (Lipinski definition) is 3. The zero-order valence-electron chi connectivity index (χ0n) is 10.5. The quantitative estimate of drug-likeness (QED) is 0.916. The molecule has 2 N–H and O–H groups in total. The number of rotatable bonds is 4. The van der Waals surface area contributed by atoms with Crippen LogP contribution in [0.1, 0.15) is 44.0 Å². The Bertz CT molecular complexity index is 366. The highest BCUT2D eigenvalue weighted by molar-refractivity contribution is 9.11. The van der Waals surface area contributed by atoms with E-state index in [1.54, 1.807) is 0 Å². The molecule has 1 aliphatic heterocycles. The van der Waals surface area contributed by atoms with E-state index >= 15 is 0 Å². The predicted octanol–water partition coefficient (Wildman–Crippen LogP) is 3.77. The van der Waals surface area contributed by atoms with Crippen LogP contribution in [0.2, 0.25) is 0 Å². The molecule has 2 rings (SSSR count). The molecule has 4 heteroatoms. The Kier molecular flexibility index (Phi) is 4.64. The fourth-order valence-corrected chi connectivity index (χ4v) is 4.50. The summed E-state index contributed by atoms with van der Waals surface area (Å²) in [5.74, 6) is 0. The number of nitrogens with two attached hydrogens (primary N) is 1. The van der Waals surface area contributed by atoms with Gasteiger partial charge < -0.3 is 5.73 Å². The van der Waals surface area contributed by atoms with Gasteiger partial charge in [-0.2, -0.15) is 0 Å². The highest BCUT2D eigenvalue weighted by Gasteiger charge is 2.35. The molecule has 1 aromatic rings. The lowest BCUT2D eigenvalue weighted by atomic mass is 10.1. The second-order valence-electron chi connectivity index (χ2n) is 4.83. The Morgan fingerprint density at radius 1 is 1.53 bits per heavy atom. The molecule has 3 unspecified atom stereocenters. The third kappa shape index (κ3) is 2.75. The van der Waals surface area contributed by atoms with Gasteiger partial charge in [0.25, 0.3) is 0 Å². The van der Waals surface area contributed by atoms with E-state index in [0.717, 1.165) is 0 Å². The summed E-state index contributed by atoms with van der Waals surface area (Å²) < 4.78 is 1.20. The normalized spacial score (nSPS) is 27.5. The second-order valence-corrected chi connectivity index (χ2v) is 7.32. The van der Waals surface area contributed by atoms with Crippen molar-refractivity contribution >= 4 is 27.3 Å². The number of nitrogens with zero attached hydrogens (tertiary/aromatic N) is 1. The van der Waals surface area contributed by atoms with Gasteiger partial charge in [-0.1, -0.05) is 6.92 Å². The van der Waals surface area contributed by atoms with Crippen LogP contribution in [0.25, 0.3) is 0 Å². The summed E-state index contributed by atoms with van der Waals surface area (Å²) in [6, 6.07) is 6.11. The van der Waals surface area contributed by atoms with Crippen LogP contribution in [0.5, 0.6) is 0 Å². The van der Waals surface area contributed by atoms with Crippen LogP contribution in [0.3, 0.4) is 0 Å². The predicted molar refractivity (Wildman–Crippen MR) is 78.4 cm³/mol. The Morgan fingerprint density at radius 2 is 2.29 bits per heavy atom. The molecule has 2 heterocycles. The van der Waals surface area contributed by atoms with Crippen LogP contribution < -0.4 is 5.73 Å². The molecular weight excluding hydrogens is 296 g/mol. The molecule has 17 heavy (non-hydrogen) atoms. The van der Waals surface area contributed by atoms with Crippen molar-refractivity contribution in [2.75, 3.05) is 6.54 Å². The molecule has 0 radical (unpaired) electrons. The molecule has 3 atom stereocenters. The molecule has 0 amide bonds. The minimum absolute atomic E-state index is 0.397. The van der Waals surface area contributed by atoms with E-state index in [4.69, 9.17) is 5.73 Å². The van der Waals surface area contributed by atoms with Gasteiger partial charge in [-0.25, -0.2) is 0 Å². The van der Waals surface area contributed by atoms with E-state index in [2.05, 4.69) is 46.8 Å². The van der Waals surface area contributed by atoms with E-state index in [9.17, 15) is 0 Å². The van der Waals surface area contributed by atoms with Crippen molar-refractivity contribution in [1.29, 1.82) is 0 Å². The van der Waals surface area contributed by atoms with Gasteiger partial charge in [0.15, 0.2) is 0 Å². The first-order chi connectivity index (χ1) is 8.17. The van der Waals surface area contributed by atoms with Crippen molar-refractivity contribution in [2.24, 2.45) is 5.73 Å². The molecule has 2 nitrogen and oxygen atoms in total. The first-order valence-corrected chi connectivity index (χ1v) is 8.01. The maximum absolute atomic E-state index is 6.02. The lowest BCUT2D eigenvalue weighted by Gasteiger charge is -2.34. The molecule has 1 aromatic heterocycles. The molecule has 96 valence electrons. The molecule has 0 spiro atoms. The Hall–Kier alpha value is 0.1000. The van der Waals surface area contributed by atoms with Crippen molar-refractivity contribution in [3.8, 4) is 0 Å². The van der Waals surface area contributed by atoms with E-state index in [-0.39, 0.29) is 0 Å². The second kappa shape index (κ2) is 5.83. The third-order valence-corrected chi connectivity index (χ3v) is 5.55. The van der Waals surface area contributed by atoms with Gasteiger partial charge in [0.05, 0.1) is 9.83 Å². The summed E-state index contributed by atoms with van der Waals surface area (Å²) in [6.45, 7) is 5.34. The van der Waals surface area contributed by atoms with Crippen LogP contribution in [0.4, 0.5) is 0 Å². The van der Waals surface area contributed by atoms with E-state index in [1.165, 1.54) is 27.9 Å². The SMILES string of the molecule is CCC1CCC(C)N1C(CN)c1ccc(Br)s1. The fourth-order valence-electron chi connectivity index (χ4n) is 2.96. The minimum atomic E-state index is 0.397. The lowest BCUT2D eigenvalue weighted by molar-refractivity contribution is 0.139. The Labute approximate surface area is 116 Å². The smallest absolute Gasteiger partial charge is 0.0702 e. The topological polar surface area (TPSA) is 29.3 Å². The molecule has 0 bridgehead atoms. The van der Waals surface area contributed by atoms with Gasteiger partial charge in [0, 0.05) is 23.5 Å². The number of likely N-dealkylation sites (tertiary alicyclic amines) is 1. The summed E-state index contributed by atoms with van der Waals surface area (Å²) >= 11 is 5.36. The zero-order chi connectivity index (χ0) is 12.4. The Morgan fingerprint density at radius 3 is 2.82 bits per heavy atom. The van der Waals surface area contributed by atoms with E-state index < -0.39 is 0 Å². The maximum Gasteiger partial charge on any atom is 0.0702 e. The Balaban J connectivity index is 2.22. The minimum Gasteiger partial charge on any atom is -0.329 e. The van der Waals surface area contributed by atoms with Crippen LogP contribution in [0.15, 0.2) is 15.9 Å². The summed E-state index contributed by atoms with van der Waals surface area (Å²) in [7, 11) is 0. The fraction of sp³-hybridized carbons (Fsp3) is 0.692. The standard InChI is InChI=1S/C13H21BrN2S/c1-3-10-5-4-9(2)16(10)11(8-15)12-6-7-13(14)17-12/h6-7,9-11H,3-5,8,15H2,1-2H3. The van der Waals surface area contributed by atoms with E-state index in [1.807, 2.05) is 11.3 Å². The van der Waals surface area contributed by atoms with E-state index in [0.29, 0.717) is 24.7 Å². The molecular formula is C13H21BrN2S. The van der Waals surface area contributed by atoms with Gasteiger partial charge in [-0.3, -0.25) is 4.90 Å². The van der Waals surface area contributed by atoms with Crippen molar-refractivity contribution in [3.63, 3.8) is 0 Å². The average molecular weight is 317 g/mol. The van der Waals surface area contributed by atoms with Crippen molar-refractivity contribution < 1.29 is 0 Å². The van der Waals surface area contributed by atoms with Crippen molar-refractivity contribution in [1.82, 2.24) is 4.90 Å². The molecule has 1 fully saturated rings. The number of hydrogen-bond donors (Lipinski definition) is 1. The van der Waals surface area contributed by atoms with Gasteiger partial charge in [-0.15, -0.1) is 11.3 Å².